The molecule has 0 radical (unpaired) electrons. The number of aryl methyl sites for hydroxylation is 1. The predicted octanol–water partition coefficient (Wildman–Crippen LogP) is 6.80. The summed E-state index contributed by atoms with van der Waals surface area (Å²) in [6, 6.07) is 6.04. The van der Waals surface area contributed by atoms with Gasteiger partial charge in [-0.3, -0.25) is 19.1 Å². The topological polar surface area (TPSA) is 108 Å². The van der Waals surface area contributed by atoms with Gasteiger partial charge in [0.15, 0.2) is 0 Å². The van der Waals surface area contributed by atoms with Crippen molar-refractivity contribution in [1.82, 2.24) is 29.4 Å². The number of aliphatic hydroxyl groups is 1. The fourth-order valence-corrected chi connectivity index (χ4v) is 7.45. The zero-order chi connectivity index (χ0) is 35.5. The van der Waals surface area contributed by atoms with E-state index in [1.807, 2.05) is 52.1 Å². The molecule has 2 aliphatic heterocycles. The number of rotatable bonds is 10. The number of hydrogen-bond acceptors (Lipinski definition) is 8. The summed E-state index contributed by atoms with van der Waals surface area (Å²) in [5, 5.41) is 21.3. The molecule has 2 aliphatic rings. The summed E-state index contributed by atoms with van der Waals surface area (Å²) in [4.78, 5) is 19.4. The summed E-state index contributed by atoms with van der Waals surface area (Å²) < 4.78 is 46.5. The van der Waals surface area contributed by atoms with Crippen molar-refractivity contribution in [2.75, 3.05) is 26.4 Å². The zero-order valence-electron chi connectivity index (χ0n) is 28.0. The molecule has 0 bridgehead atoms. The summed E-state index contributed by atoms with van der Waals surface area (Å²) in [6.07, 6.45) is 14.3. The molecule has 0 aliphatic carbocycles. The van der Waals surface area contributed by atoms with Crippen LogP contribution in [0.4, 0.5) is 8.78 Å². The normalized spacial score (nSPS) is 15.9. The Hall–Kier alpha value is -5.40. The number of aliphatic hydroxyl groups excluding tert-OH is 1. The molecule has 0 spiro atoms. The van der Waals surface area contributed by atoms with Gasteiger partial charge in [-0.05, 0) is 55.2 Å². The van der Waals surface area contributed by atoms with Gasteiger partial charge in [-0.1, -0.05) is 12.7 Å². The number of ether oxygens (including phenoxy) is 2. The molecular weight excluding hydrogens is 675 g/mol. The van der Waals surface area contributed by atoms with Crippen LogP contribution in [0.1, 0.15) is 53.3 Å². The number of thiophene rings is 1. The Morgan fingerprint density at radius 3 is 2.84 bits per heavy atom. The third-order valence-corrected chi connectivity index (χ3v) is 9.87. The molecule has 1 aromatic carbocycles. The summed E-state index contributed by atoms with van der Waals surface area (Å²) >= 11 is 1.46. The molecule has 7 rings (SSSR count). The minimum atomic E-state index is -0.730. The molecule has 1 N–H and O–H groups in total. The number of fused-ring (bicyclic) bond motifs is 6. The average molecular weight is 711 g/mol. The van der Waals surface area contributed by atoms with E-state index in [9.17, 15) is 9.18 Å². The maximum Gasteiger partial charge on any atom is 0.246 e. The van der Waals surface area contributed by atoms with Crippen LogP contribution in [0.5, 0.6) is 5.75 Å². The van der Waals surface area contributed by atoms with E-state index < -0.39 is 17.6 Å². The average Bonchev–Trinajstić information content (AvgIpc) is 3.88. The lowest BCUT2D eigenvalue weighted by Gasteiger charge is -2.26. The van der Waals surface area contributed by atoms with Gasteiger partial charge in [-0.15, -0.1) is 11.3 Å². The van der Waals surface area contributed by atoms with Crippen LogP contribution >= 0.6 is 11.3 Å². The van der Waals surface area contributed by atoms with Crippen LogP contribution in [-0.4, -0.2) is 66.8 Å². The molecule has 4 aromatic heterocycles. The van der Waals surface area contributed by atoms with E-state index in [-0.39, 0.29) is 30.4 Å². The molecule has 6 heterocycles. The molecule has 1 atom stereocenters. The molecule has 262 valence electrons. The largest absolute Gasteiger partial charge is 0.497 e. The zero-order valence-corrected chi connectivity index (χ0v) is 28.8. The summed E-state index contributed by atoms with van der Waals surface area (Å²) in [5.74, 6) is -1.85. The second-order valence-electron chi connectivity index (χ2n) is 12.1. The minimum absolute atomic E-state index is 0.0487. The number of carbonyl (C=O) groups is 1. The van der Waals surface area contributed by atoms with E-state index in [1.54, 1.807) is 29.4 Å². The lowest BCUT2D eigenvalue weighted by molar-refractivity contribution is -0.127. The monoisotopic (exact) mass is 710 g/mol. The Labute approximate surface area is 297 Å². The Morgan fingerprint density at radius 1 is 1.14 bits per heavy atom. The number of halogens is 2. The third-order valence-electron chi connectivity index (χ3n) is 8.94. The minimum Gasteiger partial charge on any atom is -0.497 e. The Kier molecular flexibility index (Phi) is 9.91. The first-order valence-corrected chi connectivity index (χ1v) is 17.6. The van der Waals surface area contributed by atoms with Gasteiger partial charge in [0.05, 0.1) is 66.6 Å². The van der Waals surface area contributed by atoms with Crippen molar-refractivity contribution in [3.8, 4) is 16.9 Å². The van der Waals surface area contributed by atoms with Crippen molar-refractivity contribution in [3.63, 3.8) is 0 Å². The van der Waals surface area contributed by atoms with E-state index in [0.717, 1.165) is 33.1 Å². The molecule has 0 saturated heterocycles. The van der Waals surface area contributed by atoms with Crippen molar-refractivity contribution in [3.05, 3.63) is 113 Å². The van der Waals surface area contributed by atoms with Crippen molar-refractivity contribution < 1.29 is 28.2 Å². The molecular formula is C38H36F2N6O4S. The second kappa shape index (κ2) is 14.8. The maximum absolute atomic E-state index is 15.9. The van der Waals surface area contributed by atoms with Crippen LogP contribution in [0, 0.1) is 11.6 Å². The standard InChI is InChI=1S/C38H36F2N6O4S/c1-3-34(48)44-12-13-46-26(23-44)21-32(43-46)27-9-17-50-33-20-25(39)19-29(40)35(33)36-37(27)41-31(28-11-18-51-38(28)36)8-7-24-22-45(4-2)42-30(24)10-16-49-15-6-5-14-47/h3,5-8,10-11,16,18-22,27,47H,1,4,9,12-15,17,23H2,2H3/b6-5+,8-7+,16-10+. The first-order valence-electron chi connectivity index (χ1n) is 16.7. The fourth-order valence-electron chi connectivity index (χ4n) is 6.49. The van der Waals surface area contributed by atoms with Gasteiger partial charge in [0, 0.05) is 64.6 Å². The summed E-state index contributed by atoms with van der Waals surface area (Å²) in [6.45, 7) is 8.18. The number of aromatic nitrogens is 5. The van der Waals surface area contributed by atoms with Crippen LogP contribution in [-0.2, 0) is 29.2 Å². The van der Waals surface area contributed by atoms with Crippen LogP contribution in [0.15, 0.2) is 66.9 Å². The Bertz CT molecular complexity index is 2200. The van der Waals surface area contributed by atoms with Crippen molar-refractivity contribution in [1.29, 1.82) is 0 Å². The Balaban J connectivity index is 1.35. The van der Waals surface area contributed by atoms with Crippen LogP contribution in [0.25, 0.3) is 39.4 Å². The SMILES string of the molecule is C=CC(=O)N1CCn2nc(C3CCOc4cc(F)cc(F)c4-c4c3nc(/C=C/c3cn(CC)nc3/C=C/OC/C=C/CO)c3ccsc43)cc2C1. The van der Waals surface area contributed by atoms with Crippen molar-refractivity contribution in [2.24, 2.45) is 0 Å². The van der Waals surface area contributed by atoms with Crippen LogP contribution < -0.4 is 4.74 Å². The highest BCUT2D eigenvalue weighted by atomic mass is 32.1. The van der Waals surface area contributed by atoms with Gasteiger partial charge < -0.3 is 19.5 Å². The second-order valence-corrected chi connectivity index (χ2v) is 13.0. The number of pyridine rings is 1. The number of hydrogen-bond donors (Lipinski definition) is 1. The molecule has 13 heteroatoms. The van der Waals surface area contributed by atoms with Gasteiger partial charge in [0.1, 0.15) is 24.0 Å². The molecule has 1 amide bonds. The number of amides is 1. The van der Waals surface area contributed by atoms with E-state index in [0.29, 0.717) is 61.9 Å². The van der Waals surface area contributed by atoms with Crippen LogP contribution in [0.2, 0.25) is 0 Å². The molecule has 51 heavy (non-hydrogen) atoms. The lowest BCUT2D eigenvalue weighted by atomic mass is 9.88. The van der Waals surface area contributed by atoms with Gasteiger partial charge in [0.25, 0.3) is 0 Å². The first kappa shape index (κ1) is 34.1. The van der Waals surface area contributed by atoms with E-state index in [4.69, 9.17) is 24.7 Å². The number of benzene rings is 1. The fraction of sp³-hybridized carbons (Fsp3) is 0.263. The molecule has 0 fully saturated rings. The van der Waals surface area contributed by atoms with E-state index >= 15 is 4.39 Å². The first-order chi connectivity index (χ1) is 24.9. The molecule has 5 aromatic rings. The van der Waals surface area contributed by atoms with Gasteiger partial charge in [-0.25, -0.2) is 8.78 Å². The predicted molar refractivity (Wildman–Crippen MR) is 193 cm³/mol. The smallest absolute Gasteiger partial charge is 0.246 e. The third kappa shape index (κ3) is 6.86. The van der Waals surface area contributed by atoms with Crippen molar-refractivity contribution >= 4 is 45.6 Å². The van der Waals surface area contributed by atoms with E-state index in [1.165, 1.54) is 23.5 Å². The molecule has 10 nitrogen and oxygen atoms in total. The quantitative estimate of drug-likeness (QED) is 0.0735. The number of carbonyl (C=O) groups excluding carboxylic acids is 1. The highest BCUT2D eigenvalue weighted by molar-refractivity contribution is 7.17. The maximum atomic E-state index is 15.9. The van der Waals surface area contributed by atoms with Crippen molar-refractivity contribution in [2.45, 2.75) is 38.9 Å². The molecule has 1 unspecified atom stereocenters. The lowest BCUT2D eigenvalue weighted by Crippen LogP contribution is -2.37. The highest BCUT2D eigenvalue weighted by Gasteiger charge is 2.33. The van der Waals surface area contributed by atoms with Gasteiger partial charge in [-0.2, -0.15) is 10.2 Å². The highest BCUT2D eigenvalue weighted by Crippen LogP contribution is 2.47. The Morgan fingerprint density at radius 2 is 2.02 bits per heavy atom. The summed E-state index contributed by atoms with van der Waals surface area (Å²) in [5.41, 5.74) is 5.17. The molecule has 0 saturated carbocycles. The number of nitrogens with zero attached hydrogens (tertiary/aromatic N) is 6. The van der Waals surface area contributed by atoms with Gasteiger partial charge in [0.2, 0.25) is 5.91 Å². The van der Waals surface area contributed by atoms with Crippen LogP contribution in [0.3, 0.4) is 0 Å². The van der Waals surface area contributed by atoms with E-state index in [2.05, 4.69) is 11.7 Å². The van der Waals surface area contributed by atoms with Gasteiger partial charge >= 0.3 is 0 Å². The summed E-state index contributed by atoms with van der Waals surface area (Å²) in [7, 11) is 0.